The van der Waals surface area contributed by atoms with Crippen molar-refractivity contribution in [3.63, 3.8) is 0 Å². The van der Waals surface area contributed by atoms with Crippen LogP contribution in [-0.4, -0.2) is 33.7 Å². The lowest BCUT2D eigenvalue weighted by Gasteiger charge is -2.34. The molecule has 86 valence electrons. The smallest absolute Gasteiger partial charge is 0.378 e. The summed E-state index contributed by atoms with van der Waals surface area (Å²) in [6, 6.07) is 1.66. The summed E-state index contributed by atoms with van der Waals surface area (Å²) in [6.45, 7) is -1.10. The number of nitrogens with zero attached hydrogens (tertiary/aromatic N) is 1. The van der Waals surface area contributed by atoms with E-state index in [1.54, 1.807) is 6.07 Å². The van der Waals surface area contributed by atoms with Crippen LogP contribution < -0.4 is 0 Å². The van der Waals surface area contributed by atoms with Gasteiger partial charge in [0.05, 0.1) is 25.9 Å². The zero-order valence-electron chi connectivity index (χ0n) is 7.24. The Hall–Kier alpha value is -0.850. The van der Waals surface area contributed by atoms with Crippen molar-refractivity contribution in [3.8, 4) is 6.07 Å². The van der Waals surface area contributed by atoms with E-state index >= 15 is 0 Å². The molecule has 0 saturated carbocycles. The van der Waals surface area contributed by atoms with Gasteiger partial charge < -0.3 is 4.74 Å². The van der Waals surface area contributed by atoms with Crippen LogP contribution in [0.2, 0.25) is 0 Å². The van der Waals surface area contributed by atoms with E-state index in [-0.39, 0.29) is 13.2 Å². The third-order valence-electron chi connectivity index (χ3n) is 1.77. The van der Waals surface area contributed by atoms with Crippen molar-refractivity contribution in [1.29, 1.82) is 5.26 Å². The predicted molar refractivity (Wildman–Crippen MR) is 39.8 cm³/mol. The first-order valence-electron chi connectivity index (χ1n) is 3.67. The number of ether oxygens (including phenoxy) is 1. The summed E-state index contributed by atoms with van der Waals surface area (Å²) < 4.78 is 64.7. The molecule has 9 heteroatoms. The Bertz CT molecular complexity index is 378. The minimum Gasteiger partial charge on any atom is -0.378 e. The monoisotopic (exact) mass is 245 g/mol. The number of hydrogen-bond donors (Lipinski definition) is 0. The van der Waals surface area contributed by atoms with Gasteiger partial charge in [0.2, 0.25) is 0 Å². The van der Waals surface area contributed by atoms with E-state index in [1.807, 2.05) is 0 Å². The normalized spacial score (nSPS) is 20.4. The van der Waals surface area contributed by atoms with Crippen LogP contribution >= 0.6 is 0 Å². The van der Waals surface area contributed by atoms with Crippen LogP contribution in [-0.2, 0) is 19.0 Å². The van der Waals surface area contributed by atoms with Crippen molar-refractivity contribution in [2.75, 3.05) is 19.8 Å². The van der Waals surface area contributed by atoms with Gasteiger partial charge in [0.15, 0.2) is 0 Å². The topological polar surface area (TPSA) is 76.4 Å². The van der Waals surface area contributed by atoms with Crippen LogP contribution in [0.15, 0.2) is 0 Å². The van der Waals surface area contributed by atoms with Gasteiger partial charge in [0.25, 0.3) is 0 Å². The second kappa shape index (κ2) is 3.62. The minimum atomic E-state index is -5.62. The Morgan fingerprint density at radius 1 is 1.47 bits per heavy atom. The van der Waals surface area contributed by atoms with E-state index in [2.05, 4.69) is 8.92 Å². The highest BCUT2D eigenvalue weighted by Gasteiger charge is 2.50. The SMILES string of the molecule is N#CC1(COS(=O)(=O)C(F)(F)F)COC1. The molecule has 1 aliphatic heterocycles. The fourth-order valence-electron chi connectivity index (χ4n) is 0.786. The summed E-state index contributed by atoms with van der Waals surface area (Å²) in [5.74, 6) is 0. The minimum absolute atomic E-state index is 0.128. The quantitative estimate of drug-likeness (QED) is 0.531. The van der Waals surface area contributed by atoms with Crippen LogP contribution in [0, 0.1) is 16.7 Å². The fraction of sp³-hybridized carbons (Fsp3) is 0.833. The van der Waals surface area contributed by atoms with Gasteiger partial charge in [-0.25, -0.2) is 0 Å². The number of nitriles is 1. The average Bonchev–Trinajstić information content (AvgIpc) is 2.00. The summed E-state index contributed by atoms with van der Waals surface area (Å²) in [5.41, 5.74) is -6.74. The van der Waals surface area contributed by atoms with Gasteiger partial charge in [0, 0.05) is 0 Å². The molecular weight excluding hydrogens is 239 g/mol. The van der Waals surface area contributed by atoms with Crippen molar-refractivity contribution < 1.29 is 30.5 Å². The van der Waals surface area contributed by atoms with Crippen LogP contribution in [0.5, 0.6) is 0 Å². The molecule has 0 aromatic rings. The first-order valence-corrected chi connectivity index (χ1v) is 5.08. The molecule has 1 aliphatic rings. The second-order valence-corrected chi connectivity index (χ2v) is 4.65. The molecule has 1 rings (SSSR count). The van der Waals surface area contributed by atoms with Crippen LogP contribution in [0.1, 0.15) is 0 Å². The summed E-state index contributed by atoms with van der Waals surface area (Å²) in [6.07, 6.45) is 0. The van der Waals surface area contributed by atoms with E-state index in [4.69, 9.17) is 5.26 Å². The lowest BCUT2D eigenvalue weighted by molar-refractivity contribution is -0.103. The molecule has 1 fully saturated rings. The van der Waals surface area contributed by atoms with Crippen LogP contribution in [0.4, 0.5) is 13.2 Å². The van der Waals surface area contributed by atoms with E-state index in [0.29, 0.717) is 0 Å². The molecule has 0 bridgehead atoms. The lowest BCUT2D eigenvalue weighted by atomic mass is 9.89. The molecule has 1 heterocycles. The van der Waals surface area contributed by atoms with Crippen molar-refractivity contribution in [2.45, 2.75) is 5.51 Å². The molecule has 0 aliphatic carbocycles. The standard InChI is InChI=1S/C6H6F3NO4S/c7-6(8,9)15(11,12)14-4-5(1-10)2-13-3-5/h2-4H2. The molecule has 1 saturated heterocycles. The maximum absolute atomic E-state index is 11.8. The first-order chi connectivity index (χ1) is 6.72. The van der Waals surface area contributed by atoms with Crippen LogP contribution in [0.3, 0.4) is 0 Å². The summed E-state index contributed by atoms with van der Waals surface area (Å²) in [4.78, 5) is 0. The molecule has 5 nitrogen and oxygen atoms in total. The molecule has 0 aromatic carbocycles. The summed E-state index contributed by atoms with van der Waals surface area (Å²) >= 11 is 0. The van der Waals surface area contributed by atoms with Gasteiger partial charge in [-0.15, -0.1) is 0 Å². The third kappa shape index (κ3) is 2.39. The highest BCUT2D eigenvalue weighted by atomic mass is 32.2. The number of alkyl halides is 3. The van der Waals surface area contributed by atoms with Gasteiger partial charge in [-0.3, -0.25) is 4.18 Å². The van der Waals surface area contributed by atoms with E-state index in [1.165, 1.54) is 0 Å². The Morgan fingerprint density at radius 2 is 2.00 bits per heavy atom. The van der Waals surface area contributed by atoms with E-state index in [0.717, 1.165) is 0 Å². The van der Waals surface area contributed by atoms with Gasteiger partial charge in [-0.2, -0.15) is 26.9 Å². The Morgan fingerprint density at radius 3 is 2.27 bits per heavy atom. The van der Waals surface area contributed by atoms with E-state index < -0.39 is 27.6 Å². The molecule has 0 radical (unpaired) electrons. The lowest BCUT2D eigenvalue weighted by Crippen LogP contribution is -2.46. The van der Waals surface area contributed by atoms with Gasteiger partial charge in [-0.1, -0.05) is 0 Å². The molecule has 0 spiro atoms. The largest absolute Gasteiger partial charge is 0.523 e. The maximum atomic E-state index is 11.8. The predicted octanol–water partition coefficient (Wildman–Crippen LogP) is 0.393. The molecule has 0 unspecified atom stereocenters. The molecule has 15 heavy (non-hydrogen) atoms. The van der Waals surface area contributed by atoms with Crippen molar-refractivity contribution >= 4 is 10.1 Å². The Labute approximate surface area is 83.5 Å². The summed E-state index contributed by atoms with van der Waals surface area (Å²) in [5, 5.41) is 8.55. The first kappa shape index (κ1) is 12.2. The third-order valence-corrected chi connectivity index (χ3v) is 2.76. The zero-order valence-corrected chi connectivity index (χ0v) is 8.06. The van der Waals surface area contributed by atoms with Crippen molar-refractivity contribution in [1.82, 2.24) is 0 Å². The van der Waals surface area contributed by atoms with Crippen molar-refractivity contribution in [3.05, 3.63) is 0 Å². The van der Waals surface area contributed by atoms with Gasteiger partial charge >= 0.3 is 15.6 Å². The van der Waals surface area contributed by atoms with Crippen molar-refractivity contribution in [2.24, 2.45) is 5.41 Å². The number of rotatable bonds is 3. The van der Waals surface area contributed by atoms with Gasteiger partial charge in [0.1, 0.15) is 5.41 Å². The second-order valence-electron chi connectivity index (χ2n) is 3.05. The van der Waals surface area contributed by atoms with Crippen LogP contribution in [0.25, 0.3) is 0 Å². The fourth-order valence-corrected chi connectivity index (χ4v) is 1.30. The molecule has 0 N–H and O–H groups in total. The Balaban J connectivity index is 2.62. The number of halogens is 3. The summed E-state index contributed by atoms with van der Waals surface area (Å²) in [7, 11) is -5.62. The zero-order chi connectivity index (χ0) is 11.7. The Kier molecular flexibility index (Phi) is 2.95. The van der Waals surface area contributed by atoms with Gasteiger partial charge in [-0.05, 0) is 0 Å². The average molecular weight is 245 g/mol. The molecule has 0 amide bonds. The maximum Gasteiger partial charge on any atom is 0.523 e. The van der Waals surface area contributed by atoms with E-state index in [9.17, 15) is 21.6 Å². The number of hydrogen-bond acceptors (Lipinski definition) is 5. The molecule has 0 atom stereocenters. The molecule has 0 aromatic heterocycles. The molecular formula is C6H6F3NO4S. The highest BCUT2D eigenvalue weighted by Crippen LogP contribution is 2.30. The highest BCUT2D eigenvalue weighted by molar-refractivity contribution is 7.87.